The Balaban J connectivity index is 1.93. The number of rotatable bonds is 7. The predicted molar refractivity (Wildman–Crippen MR) is 113 cm³/mol. The van der Waals surface area contributed by atoms with Crippen molar-refractivity contribution in [1.82, 2.24) is 0 Å². The molecule has 1 aromatic heterocycles. The highest BCUT2D eigenvalue weighted by Crippen LogP contribution is 2.39. The molecule has 0 aliphatic carbocycles. The van der Waals surface area contributed by atoms with Gasteiger partial charge in [-0.2, -0.15) is 0 Å². The number of nitrogens with two attached hydrogens (primary N) is 1. The zero-order valence-corrected chi connectivity index (χ0v) is 16.6. The van der Waals surface area contributed by atoms with Crippen molar-refractivity contribution in [1.29, 1.82) is 0 Å². The standard InChI is InChI=1S/C22H22N2O3S/c1-3-12-27-17-11-7-10-16(13-17)21(26)24-22-19(20(23)25)18(14(2)28-22)15-8-5-4-6-9-15/h4-11,13H,3,12H2,1-2H3,(H2,23,25)(H,24,26). The Bertz CT molecular complexity index is 996. The van der Waals surface area contributed by atoms with Crippen LogP contribution in [0.15, 0.2) is 54.6 Å². The van der Waals surface area contributed by atoms with Gasteiger partial charge < -0.3 is 15.8 Å². The molecule has 0 fully saturated rings. The highest BCUT2D eigenvalue weighted by molar-refractivity contribution is 7.17. The number of nitrogens with one attached hydrogen (secondary N) is 1. The number of hydrogen-bond donors (Lipinski definition) is 2. The van der Waals surface area contributed by atoms with E-state index in [9.17, 15) is 9.59 Å². The Morgan fingerprint density at radius 1 is 1.11 bits per heavy atom. The van der Waals surface area contributed by atoms with Crippen LogP contribution in [0.2, 0.25) is 0 Å². The van der Waals surface area contributed by atoms with Gasteiger partial charge in [-0.3, -0.25) is 9.59 Å². The molecule has 1 heterocycles. The first-order valence-electron chi connectivity index (χ1n) is 9.04. The second-order valence-corrected chi connectivity index (χ2v) is 7.52. The van der Waals surface area contributed by atoms with Crippen LogP contribution in [0, 0.1) is 6.92 Å². The molecular formula is C22H22N2O3S. The Morgan fingerprint density at radius 3 is 2.54 bits per heavy atom. The van der Waals surface area contributed by atoms with Crippen molar-refractivity contribution in [3.63, 3.8) is 0 Å². The summed E-state index contributed by atoms with van der Waals surface area (Å²) in [5.41, 5.74) is 8.09. The largest absolute Gasteiger partial charge is 0.494 e. The van der Waals surface area contributed by atoms with Crippen LogP contribution in [0.3, 0.4) is 0 Å². The summed E-state index contributed by atoms with van der Waals surface area (Å²) in [5, 5.41) is 3.30. The molecule has 0 aliphatic heterocycles. The SMILES string of the molecule is CCCOc1cccc(C(=O)Nc2sc(C)c(-c3ccccc3)c2C(N)=O)c1. The summed E-state index contributed by atoms with van der Waals surface area (Å²) in [4.78, 5) is 25.8. The summed E-state index contributed by atoms with van der Waals surface area (Å²) in [7, 11) is 0. The maximum atomic E-state index is 12.8. The van der Waals surface area contributed by atoms with E-state index < -0.39 is 5.91 Å². The van der Waals surface area contributed by atoms with Crippen LogP contribution in [0.25, 0.3) is 11.1 Å². The van der Waals surface area contributed by atoms with Gasteiger partial charge in [0, 0.05) is 16.0 Å². The quantitative estimate of drug-likeness (QED) is 0.600. The number of hydrogen-bond acceptors (Lipinski definition) is 4. The van der Waals surface area contributed by atoms with Gasteiger partial charge in [-0.15, -0.1) is 11.3 Å². The number of anilines is 1. The third-order valence-corrected chi connectivity index (χ3v) is 5.21. The van der Waals surface area contributed by atoms with E-state index >= 15 is 0 Å². The van der Waals surface area contributed by atoms with Gasteiger partial charge >= 0.3 is 0 Å². The van der Waals surface area contributed by atoms with E-state index in [0.29, 0.717) is 28.5 Å². The molecule has 3 rings (SSSR count). The molecular weight excluding hydrogens is 372 g/mol. The first-order chi connectivity index (χ1) is 13.5. The van der Waals surface area contributed by atoms with Crippen LogP contribution in [0.4, 0.5) is 5.00 Å². The van der Waals surface area contributed by atoms with E-state index in [1.54, 1.807) is 18.2 Å². The molecule has 5 nitrogen and oxygen atoms in total. The number of aryl methyl sites for hydroxylation is 1. The van der Waals surface area contributed by atoms with Gasteiger partial charge in [0.25, 0.3) is 11.8 Å². The summed E-state index contributed by atoms with van der Waals surface area (Å²) in [6.07, 6.45) is 0.884. The molecule has 3 aromatic rings. The number of ether oxygens (including phenoxy) is 1. The van der Waals surface area contributed by atoms with Crippen molar-refractivity contribution < 1.29 is 14.3 Å². The van der Waals surface area contributed by atoms with Gasteiger partial charge in [0.05, 0.1) is 12.2 Å². The molecule has 0 bridgehead atoms. The van der Waals surface area contributed by atoms with E-state index in [1.807, 2.05) is 50.2 Å². The van der Waals surface area contributed by atoms with Crippen LogP contribution in [-0.4, -0.2) is 18.4 Å². The maximum absolute atomic E-state index is 12.8. The lowest BCUT2D eigenvalue weighted by Gasteiger charge is -2.09. The first kappa shape index (κ1) is 19.6. The third kappa shape index (κ3) is 4.23. The van der Waals surface area contributed by atoms with E-state index in [-0.39, 0.29) is 5.91 Å². The molecule has 0 saturated heterocycles. The zero-order valence-electron chi connectivity index (χ0n) is 15.8. The van der Waals surface area contributed by atoms with Gasteiger partial charge in [-0.25, -0.2) is 0 Å². The average Bonchev–Trinajstić information content (AvgIpc) is 3.03. The fourth-order valence-electron chi connectivity index (χ4n) is 2.94. The minimum atomic E-state index is -0.571. The van der Waals surface area contributed by atoms with Crippen molar-refractivity contribution in [2.24, 2.45) is 5.73 Å². The second-order valence-electron chi connectivity index (χ2n) is 6.30. The molecule has 0 radical (unpaired) electrons. The van der Waals surface area contributed by atoms with Crippen LogP contribution in [0.1, 0.15) is 38.9 Å². The number of thiophene rings is 1. The fourth-order valence-corrected chi connectivity index (χ4v) is 4.02. The van der Waals surface area contributed by atoms with Crippen molar-refractivity contribution in [2.45, 2.75) is 20.3 Å². The molecule has 3 N–H and O–H groups in total. The third-order valence-electron chi connectivity index (χ3n) is 4.19. The molecule has 6 heteroatoms. The minimum Gasteiger partial charge on any atom is -0.494 e. The van der Waals surface area contributed by atoms with Crippen molar-refractivity contribution in [3.8, 4) is 16.9 Å². The highest BCUT2D eigenvalue weighted by Gasteiger charge is 2.23. The first-order valence-corrected chi connectivity index (χ1v) is 9.85. The van der Waals surface area contributed by atoms with Crippen LogP contribution >= 0.6 is 11.3 Å². The molecule has 2 aromatic carbocycles. The molecule has 0 spiro atoms. The zero-order chi connectivity index (χ0) is 20.1. The van der Waals surface area contributed by atoms with Crippen LogP contribution in [0.5, 0.6) is 5.75 Å². The normalized spacial score (nSPS) is 10.5. The average molecular weight is 394 g/mol. The van der Waals surface area contributed by atoms with Crippen molar-refractivity contribution in [3.05, 3.63) is 70.6 Å². The summed E-state index contributed by atoms with van der Waals surface area (Å²) in [6.45, 7) is 4.52. The molecule has 0 unspecified atom stereocenters. The lowest BCUT2D eigenvalue weighted by molar-refractivity contribution is 0.100. The summed E-state index contributed by atoms with van der Waals surface area (Å²) < 4.78 is 5.59. The van der Waals surface area contributed by atoms with Crippen molar-refractivity contribution >= 4 is 28.2 Å². The lowest BCUT2D eigenvalue weighted by atomic mass is 10.0. The smallest absolute Gasteiger partial charge is 0.256 e. The Labute approximate surface area is 168 Å². The number of carbonyl (C=O) groups is 2. The number of benzene rings is 2. The Kier molecular flexibility index (Phi) is 6.11. The summed E-state index contributed by atoms with van der Waals surface area (Å²) in [5.74, 6) is -0.249. The summed E-state index contributed by atoms with van der Waals surface area (Å²) in [6, 6.07) is 16.5. The fraction of sp³-hybridized carbons (Fsp3) is 0.182. The summed E-state index contributed by atoms with van der Waals surface area (Å²) >= 11 is 1.34. The van der Waals surface area contributed by atoms with Gasteiger partial charge in [0.15, 0.2) is 0 Å². The Morgan fingerprint density at radius 2 is 1.86 bits per heavy atom. The number of amides is 2. The van der Waals surface area contributed by atoms with E-state index in [4.69, 9.17) is 10.5 Å². The van der Waals surface area contributed by atoms with Crippen LogP contribution in [-0.2, 0) is 0 Å². The number of carbonyl (C=O) groups excluding carboxylic acids is 2. The van der Waals surface area contributed by atoms with E-state index in [2.05, 4.69) is 5.32 Å². The van der Waals surface area contributed by atoms with E-state index in [1.165, 1.54) is 11.3 Å². The Hall–Kier alpha value is -3.12. The molecule has 0 aliphatic rings. The van der Waals surface area contributed by atoms with Gasteiger partial charge in [0.1, 0.15) is 10.8 Å². The van der Waals surface area contributed by atoms with Gasteiger partial charge in [0.2, 0.25) is 0 Å². The van der Waals surface area contributed by atoms with Gasteiger partial charge in [-0.05, 0) is 37.1 Å². The van der Waals surface area contributed by atoms with E-state index in [0.717, 1.165) is 22.4 Å². The topological polar surface area (TPSA) is 81.4 Å². The van der Waals surface area contributed by atoms with Gasteiger partial charge in [-0.1, -0.05) is 43.3 Å². The highest BCUT2D eigenvalue weighted by atomic mass is 32.1. The maximum Gasteiger partial charge on any atom is 0.256 e. The van der Waals surface area contributed by atoms with Crippen molar-refractivity contribution in [2.75, 3.05) is 11.9 Å². The molecule has 144 valence electrons. The minimum absolute atomic E-state index is 0.315. The predicted octanol–water partition coefficient (Wildman–Crippen LogP) is 4.86. The lowest BCUT2D eigenvalue weighted by Crippen LogP contribution is -2.17. The molecule has 28 heavy (non-hydrogen) atoms. The number of primary amides is 1. The molecule has 2 amide bonds. The molecule has 0 atom stereocenters. The van der Waals surface area contributed by atoms with Crippen LogP contribution < -0.4 is 15.8 Å². The molecule has 0 saturated carbocycles. The monoisotopic (exact) mass is 394 g/mol. The second kappa shape index (κ2) is 8.71.